The zero-order valence-electron chi connectivity index (χ0n) is 20.7. The minimum atomic E-state index is -6.23. The quantitative estimate of drug-likeness (QED) is 0.261. The molecule has 3 aromatic rings. The van der Waals surface area contributed by atoms with Gasteiger partial charge in [0.05, 0.1) is 28.1 Å². The van der Waals surface area contributed by atoms with Crippen molar-refractivity contribution in [2.24, 2.45) is 0 Å². The van der Waals surface area contributed by atoms with E-state index < -0.39 is 35.4 Å². The summed E-state index contributed by atoms with van der Waals surface area (Å²) in [5.74, 6) is -0.476. The number of rotatable bonds is 7. The molecule has 5 rings (SSSR count). The number of nitrogens with one attached hydrogen (secondary N) is 1. The highest BCUT2D eigenvalue weighted by molar-refractivity contribution is 6.34. The number of amides is 1. The molecule has 0 atom stereocenters. The molecule has 2 fully saturated rings. The van der Waals surface area contributed by atoms with Gasteiger partial charge in [-0.3, -0.25) is 10.1 Å². The molecule has 1 N–H and O–H groups in total. The van der Waals surface area contributed by atoms with Crippen LogP contribution in [0.2, 0.25) is 5.02 Å². The van der Waals surface area contributed by atoms with Crippen LogP contribution in [-0.2, 0) is 5.67 Å². The van der Waals surface area contributed by atoms with Crippen LogP contribution in [0.5, 0.6) is 0 Å². The molecule has 0 aliphatic heterocycles. The second-order valence-corrected chi connectivity index (χ2v) is 10.3. The molecule has 0 radical (unpaired) electrons. The molecule has 0 unspecified atom stereocenters. The average Bonchev–Trinajstić information content (AvgIpc) is 3.78. The van der Waals surface area contributed by atoms with Gasteiger partial charge in [-0.1, -0.05) is 17.7 Å². The van der Waals surface area contributed by atoms with E-state index in [0.29, 0.717) is 30.0 Å². The summed E-state index contributed by atoms with van der Waals surface area (Å²) in [6, 6.07) is 5.41. The summed E-state index contributed by atoms with van der Waals surface area (Å²) in [6.45, 7) is 0. The molecule has 2 heterocycles. The molecule has 6 nitrogen and oxygen atoms in total. The third-order valence-corrected chi connectivity index (χ3v) is 7.76. The van der Waals surface area contributed by atoms with Crippen molar-refractivity contribution in [2.45, 2.75) is 55.4 Å². The van der Waals surface area contributed by atoms with Crippen molar-refractivity contribution in [3.05, 3.63) is 59.0 Å². The van der Waals surface area contributed by atoms with E-state index in [9.17, 15) is 35.5 Å². The molecule has 39 heavy (non-hydrogen) atoms. The van der Waals surface area contributed by atoms with Crippen LogP contribution in [0.1, 0.15) is 47.8 Å². The van der Waals surface area contributed by atoms with Gasteiger partial charge in [-0.25, -0.2) is 9.07 Å². The van der Waals surface area contributed by atoms with Crippen molar-refractivity contribution in [3.8, 4) is 16.9 Å². The number of hydrogen-bond donors (Lipinski definition) is 1. The second-order valence-electron chi connectivity index (χ2n) is 9.85. The van der Waals surface area contributed by atoms with Gasteiger partial charge >= 0.3 is 18.0 Å². The van der Waals surface area contributed by atoms with Gasteiger partial charge in [0.25, 0.3) is 5.91 Å². The number of hydrogen-bond acceptors (Lipinski definition) is 3. The maximum absolute atomic E-state index is 15.0. The van der Waals surface area contributed by atoms with Gasteiger partial charge in [0.15, 0.2) is 0 Å². The Bertz CT molecular complexity index is 1400. The molecule has 2 aliphatic rings. The number of benzene rings is 1. The molecule has 2 aromatic heterocycles. The minimum absolute atomic E-state index is 0.149. The highest BCUT2D eigenvalue weighted by Crippen LogP contribution is 2.55. The average molecular weight is 578 g/mol. The molecular formula is C25H23ClF7N5O. The first-order valence-electron chi connectivity index (χ1n) is 12.0. The Morgan fingerprint density at radius 1 is 1.05 bits per heavy atom. The molecule has 0 bridgehead atoms. The van der Waals surface area contributed by atoms with Crippen molar-refractivity contribution in [2.75, 3.05) is 14.1 Å². The Morgan fingerprint density at radius 2 is 1.69 bits per heavy atom. The fourth-order valence-corrected chi connectivity index (χ4v) is 4.98. The number of aromatic nitrogens is 3. The largest absolute Gasteiger partial charge is 0.437 e. The Morgan fingerprint density at radius 3 is 2.23 bits per heavy atom. The van der Waals surface area contributed by atoms with Crippen LogP contribution in [0.15, 0.2) is 42.7 Å². The van der Waals surface area contributed by atoms with Crippen LogP contribution in [0.4, 0.5) is 30.7 Å². The predicted octanol–water partition coefficient (Wildman–Crippen LogP) is 6.40. The van der Waals surface area contributed by atoms with Gasteiger partial charge in [0.2, 0.25) is 0 Å². The van der Waals surface area contributed by atoms with E-state index >= 15 is 0 Å². The summed E-state index contributed by atoms with van der Waals surface area (Å²) in [5.41, 5.74) is -6.43. The lowest BCUT2D eigenvalue weighted by Gasteiger charge is -2.31. The number of carbonyl (C=O) groups is 1. The lowest BCUT2D eigenvalue weighted by atomic mass is 10.0. The number of carbonyl (C=O) groups excluding carboxylic acids is 1. The first-order valence-corrected chi connectivity index (χ1v) is 12.4. The van der Waals surface area contributed by atoms with Crippen LogP contribution in [0.3, 0.4) is 0 Å². The molecule has 2 saturated carbocycles. The van der Waals surface area contributed by atoms with E-state index in [2.05, 4.69) is 10.4 Å². The Balaban J connectivity index is 1.52. The third kappa shape index (κ3) is 4.39. The molecule has 14 heteroatoms. The Hall–Kier alpha value is -3.06. The standard InChI is InChI=1S/C25H23ClF7N5O/c1-34-22(9-10-22)36(2)21(39)17-11-14(3-6-18(17)26)15-12-35-37(13-15)20-8-7-19(38(20)16-4-5-16)23(27,24(28,29)30)25(31,32)33/h3,6-8,11-13,16,34H,4-5,9-10H2,1-2H3. The van der Waals surface area contributed by atoms with E-state index in [4.69, 9.17) is 11.6 Å². The van der Waals surface area contributed by atoms with E-state index in [1.807, 2.05) is 0 Å². The van der Waals surface area contributed by atoms with Crippen LogP contribution < -0.4 is 5.32 Å². The van der Waals surface area contributed by atoms with Crippen molar-refractivity contribution in [1.82, 2.24) is 24.6 Å². The molecule has 1 aromatic carbocycles. The molecule has 2 aliphatic carbocycles. The van der Waals surface area contributed by atoms with Crippen LogP contribution in [-0.4, -0.2) is 57.3 Å². The first-order chi connectivity index (χ1) is 18.1. The summed E-state index contributed by atoms with van der Waals surface area (Å²) in [6.07, 6.45) is -7.59. The smallest absolute Gasteiger partial charge is 0.323 e. The highest BCUT2D eigenvalue weighted by atomic mass is 35.5. The van der Waals surface area contributed by atoms with Crippen molar-refractivity contribution in [3.63, 3.8) is 0 Å². The minimum Gasteiger partial charge on any atom is -0.323 e. The fourth-order valence-electron chi connectivity index (χ4n) is 4.79. The SMILES string of the molecule is CNC1(N(C)C(=O)c2cc(-c3cnn(-c4ccc(C(F)(C(F)(F)F)C(F)(F)F)n4C4CC4)c3)ccc2Cl)CC1. The van der Waals surface area contributed by atoms with Crippen LogP contribution in [0.25, 0.3) is 16.9 Å². The van der Waals surface area contributed by atoms with Gasteiger partial charge < -0.3 is 9.47 Å². The number of nitrogens with zero attached hydrogens (tertiary/aromatic N) is 4. The highest BCUT2D eigenvalue weighted by Gasteiger charge is 2.75. The van der Waals surface area contributed by atoms with Crippen molar-refractivity contribution < 1.29 is 35.5 Å². The second kappa shape index (κ2) is 8.98. The lowest BCUT2D eigenvalue weighted by Crippen LogP contribution is -2.51. The maximum Gasteiger partial charge on any atom is 0.437 e. The molecular weight excluding hydrogens is 555 g/mol. The zero-order chi connectivity index (χ0) is 28.5. The summed E-state index contributed by atoms with van der Waals surface area (Å²) in [4.78, 5) is 14.7. The lowest BCUT2D eigenvalue weighted by molar-refractivity contribution is -0.350. The molecule has 0 spiro atoms. The van der Waals surface area contributed by atoms with E-state index in [1.54, 1.807) is 31.1 Å². The summed E-state index contributed by atoms with van der Waals surface area (Å²) in [5, 5.41) is 7.45. The number of alkyl halides is 7. The topological polar surface area (TPSA) is 55.1 Å². The van der Waals surface area contributed by atoms with Gasteiger partial charge in [-0.05, 0) is 62.6 Å². The van der Waals surface area contributed by atoms with Crippen molar-refractivity contribution >= 4 is 17.5 Å². The van der Waals surface area contributed by atoms with Crippen LogP contribution in [0, 0.1) is 0 Å². The molecule has 0 saturated heterocycles. The third-order valence-electron chi connectivity index (χ3n) is 7.43. The monoisotopic (exact) mass is 577 g/mol. The van der Waals surface area contributed by atoms with Gasteiger partial charge in [0.1, 0.15) is 5.82 Å². The zero-order valence-corrected chi connectivity index (χ0v) is 21.4. The Labute approximate surface area is 223 Å². The first kappa shape index (κ1) is 27.5. The summed E-state index contributed by atoms with van der Waals surface area (Å²) in [7, 11) is 3.41. The van der Waals surface area contributed by atoms with Gasteiger partial charge in [-0.2, -0.15) is 31.4 Å². The molecule has 1 amide bonds. The van der Waals surface area contributed by atoms with Gasteiger partial charge in [0, 0.05) is 24.8 Å². The van der Waals surface area contributed by atoms with Crippen LogP contribution >= 0.6 is 11.6 Å². The van der Waals surface area contributed by atoms with E-state index in [0.717, 1.165) is 28.2 Å². The normalized spacial score (nSPS) is 17.4. The summed E-state index contributed by atoms with van der Waals surface area (Å²) < 4.78 is 97.8. The van der Waals surface area contributed by atoms with Gasteiger partial charge in [-0.15, -0.1) is 0 Å². The Kier molecular flexibility index (Phi) is 6.33. The van der Waals surface area contributed by atoms with Crippen molar-refractivity contribution in [1.29, 1.82) is 0 Å². The van der Waals surface area contributed by atoms with E-state index in [1.165, 1.54) is 18.5 Å². The molecule has 210 valence electrons. The van der Waals surface area contributed by atoms with E-state index in [-0.39, 0.29) is 22.3 Å². The maximum atomic E-state index is 15.0. The summed E-state index contributed by atoms with van der Waals surface area (Å²) >= 11 is 6.31. The fraction of sp³-hybridized carbons (Fsp3) is 0.440. The number of halogens is 8. The predicted molar refractivity (Wildman–Crippen MR) is 128 cm³/mol.